The van der Waals surface area contributed by atoms with Crippen molar-refractivity contribution >= 4 is 11.4 Å². The Kier molecular flexibility index (Phi) is 7.28. The maximum absolute atomic E-state index is 11.9. The predicted molar refractivity (Wildman–Crippen MR) is 133 cm³/mol. The fraction of sp³-hybridized carbons (Fsp3) is 0.556. The zero-order chi connectivity index (χ0) is 25.3. The van der Waals surface area contributed by atoms with Gasteiger partial charge in [-0.25, -0.2) is 0 Å². The SMILES string of the molecule is Cc1c(Cc2cc(C3CCCCC3)c(O)c([N+](=O)[O-])c2C)cc(C2CCCCC2)c(O)c1[N+](=O)[O-]. The fourth-order valence-corrected chi connectivity index (χ4v) is 6.13. The van der Waals surface area contributed by atoms with Gasteiger partial charge in [-0.2, -0.15) is 0 Å². The van der Waals surface area contributed by atoms with Crippen LogP contribution in [0.5, 0.6) is 11.5 Å². The monoisotopic (exact) mass is 482 g/mol. The van der Waals surface area contributed by atoms with Crippen LogP contribution in [0.3, 0.4) is 0 Å². The third-order valence-corrected chi connectivity index (χ3v) is 8.16. The summed E-state index contributed by atoms with van der Waals surface area (Å²) < 4.78 is 0. The highest BCUT2D eigenvalue weighted by Crippen LogP contribution is 2.47. The van der Waals surface area contributed by atoms with Crippen molar-refractivity contribution < 1.29 is 20.1 Å². The number of aromatic hydroxyl groups is 2. The van der Waals surface area contributed by atoms with Gasteiger partial charge in [0.05, 0.1) is 9.85 Å². The lowest BCUT2D eigenvalue weighted by Crippen LogP contribution is -2.10. The van der Waals surface area contributed by atoms with Gasteiger partial charge in [0.1, 0.15) is 0 Å². The van der Waals surface area contributed by atoms with Crippen LogP contribution in [0.2, 0.25) is 0 Å². The molecule has 0 heterocycles. The Labute approximate surface area is 205 Å². The summed E-state index contributed by atoms with van der Waals surface area (Å²) in [7, 11) is 0. The van der Waals surface area contributed by atoms with Crippen LogP contribution in [0.15, 0.2) is 12.1 Å². The minimum absolute atomic E-state index is 0.0647. The molecule has 188 valence electrons. The molecule has 2 fully saturated rings. The number of phenolic OH excluding ortho intramolecular Hbond substituents is 2. The molecule has 0 saturated heterocycles. The molecule has 0 amide bonds. The highest BCUT2D eigenvalue weighted by molar-refractivity contribution is 5.64. The van der Waals surface area contributed by atoms with Crippen LogP contribution in [0.25, 0.3) is 0 Å². The van der Waals surface area contributed by atoms with E-state index in [1.807, 2.05) is 12.1 Å². The van der Waals surface area contributed by atoms with Crippen molar-refractivity contribution in [3.05, 3.63) is 65.7 Å². The minimum atomic E-state index is -0.528. The second kappa shape index (κ2) is 10.2. The number of rotatable bonds is 6. The molecule has 4 rings (SSSR count). The van der Waals surface area contributed by atoms with E-state index in [4.69, 9.17) is 0 Å². The van der Waals surface area contributed by atoms with Crippen molar-refractivity contribution in [2.24, 2.45) is 0 Å². The third kappa shape index (κ3) is 4.83. The summed E-state index contributed by atoms with van der Waals surface area (Å²) in [4.78, 5) is 22.8. The molecule has 8 nitrogen and oxygen atoms in total. The normalized spacial score (nSPS) is 17.4. The van der Waals surface area contributed by atoms with E-state index in [2.05, 4.69) is 0 Å². The van der Waals surface area contributed by atoms with Crippen molar-refractivity contribution in [1.82, 2.24) is 0 Å². The predicted octanol–water partition coefficient (Wildman–Crippen LogP) is 7.22. The molecule has 0 aliphatic heterocycles. The first-order valence-electron chi connectivity index (χ1n) is 12.7. The van der Waals surface area contributed by atoms with E-state index in [1.54, 1.807) is 13.8 Å². The van der Waals surface area contributed by atoms with Crippen LogP contribution < -0.4 is 0 Å². The molecule has 2 aliphatic carbocycles. The van der Waals surface area contributed by atoms with E-state index < -0.39 is 9.85 Å². The second-order valence-electron chi connectivity index (χ2n) is 10.3. The molecule has 0 unspecified atom stereocenters. The molecule has 2 aliphatic rings. The Morgan fingerprint density at radius 3 is 1.37 bits per heavy atom. The Morgan fingerprint density at radius 2 is 1.06 bits per heavy atom. The molecule has 35 heavy (non-hydrogen) atoms. The maximum Gasteiger partial charge on any atom is 0.314 e. The van der Waals surface area contributed by atoms with Crippen LogP contribution in [0.1, 0.15) is 109 Å². The number of nitro groups is 2. The van der Waals surface area contributed by atoms with Gasteiger partial charge in [0, 0.05) is 22.3 Å². The van der Waals surface area contributed by atoms with Gasteiger partial charge in [-0.15, -0.1) is 0 Å². The van der Waals surface area contributed by atoms with Crippen LogP contribution in [0.4, 0.5) is 11.4 Å². The van der Waals surface area contributed by atoms with Gasteiger partial charge in [0.25, 0.3) is 0 Å². The van der Waals surface area contributed by atoms with E-state index in [0.717, 1.165) is 64.2 Å². The number of nitrogens with zero attached hydrogens (tertiary/aromatic N) is 2. The van der Waals surface area contributed by atoms with Crippen molar-refractivity contribution in [1.29, 1.82) is 0 Å². The molecule has 2 saturated carbocycles. The minimum Gasteiger partial charge on any atom is -0.502 e. The van der Waals surface area contributed by atoms with Gasteiger partial charge in [-0.1, -0.05) is 50.7 Å². The number of hydrogen-bond acceptors (Lipinski definition) is 6. The highest BCUT2D eigenvalue weighted by Gasteiger charge is 2.31. The molecule has 0 bridgehead atoms. The summed E-state index contributed by atoms with van der Waals surface area (Å²) in [6.45, 7) is 3.26. The van der Waals surface area contributed by atoms with Gasteiger partial charge >= 0.3 is 11.4 Å². The number of benzene rings is 2. The van der Waals surface area contributed by atoms with Gasteiger partial charge < -0.3 is 10.2 Å². The first-order chi connectivity index (χ1) is 16.7. The van der Waals surface area contributed by atoms with Crippen LogP contribution in [-0.2, 0) is 6.42 Å². The quantitative estimate of drug-likeness (QED) is 0.330. The van der Waals surface area contributed by atoms with Crippen molar-refractivity contribution in [3.63, 3.8) is 0 Å². The molecule has 0 atom stereocenters. The lowest BCUT2D eigenvalue weighted by atomic mass is 9.80. The maximum atomic E-state index is 11.9. The Morgan fingerprint density at radius 1 is 0.714 bits per heavy atom. The van der Waals surface area contributed by atoms with Crippen molar-refractivity contribution in [3.8, 4) is 11.5 Å². The molecule has 8 heteroatoms. The largest absolute Gasteiger partial charge is 0.502 e. The Hall–Kier alpha value is -3.16. The Balaban J connectivity index is 1.84. The average molecular weight is 483 g/mol. The summed E-state index contributed by atoms with van der Waals surface area (Å²) in [5, 5.41) is 45.5. The number of hydrogen-bond donors (Lipinski definition) is 2. The molecule has 2 aromatic carbocycles. The summed E-state index contributed by atoms with van der Waals surface area (Å²) in [6.07, 6.45) is 10.1. The third-order valence-electron chi connectivity index (χ3n) is 8.16. The first-order valence-corrected chi connectivity index (χ1v) is 12.7. The Bertz CT molecular complexity index is 1060. The second-order valence-corrected chi connectivity index (χ2v) is 10.3. The van der Waals surface area contributed by atoms with Crippen LogP contribution in [-0.4, -0.2) is 20.1 Å². The first kappa shape index (κ1) is 24.9. The van der Waals surface area contributed by atoms with E-state index in [9.17, 15) is 30.4 Å². The fourth-order valence-electron chi connectivity index (χ4n) is 6.13. The van der Waals surface area contributed by atoms with Crippen molar-refractivity contribution in [2.75, 3.05) is 0 Å². The number of phenols is 2. The average Bonchev–Trinajstić information content (AvgIpc) is 2.83. The molecule has 0 radical (unpaired) electrons. The standard InChI is InChI=1S/C27H34N2O6/c1-16-20(14-22(18-9-5-3-6-10-18)26(30)24(16)28(32)33)13-21-15-23(19-11-7-4-8-12-19)27(31)25(17(21)2)29(34)35/h14-15,18-19,30-31H,3-13H2,1-2H3. The lowest BCUT2D eigenvalue weighted by molar-refractivity contribution is -0.386. The molecule has 2 N–H and O–H groups in total. The summed E-state index contributed by atoms with van der Waals surface area (Å²) >= 11 is 0. The topological polar surface area (TPSA) is 127 Å². The van der Waals surface area contributed by atoms with Crippen molar-refractivity contribution in [2.45, 2.75) is 96.3 Å². The molecule has 0 aromatic heterocycles. The van der Waals surface area contributed by atoms with Gasteiger partial charge in [-0.3, -0.25) is 20.2 Å². The van der Waals surface area contributed by atoms with Gasteiger partial charge in [0.15, 0.2) is 11.5 Å². The van der Waals surface area contributed by atoms with E-state index in [0.29, 0.717) is 33.4 Å². The van der Waals surface area contributed by atoms with E-state index >= 15 is 0 Å². The zero-order valence-electron chi connectivity index (χ0n) is 20.5. The van der Waals surface area contributed by atoms with Crippen LogP contribution >= 0.6 is 0 Å². The van der Waals surface area contributed by atoms with E-state index in [1.165, 1.54) is 0 Å². The highest BCUT2D eigenvalue weighted by atomic mass is 16.6. The molecule has 2 aromatic rings. The van der Waals surface area contributed by atoms with E-state index in [-0.39, 0.29) is 41.1 Å². The molecular weight excluding hydrogens is 448 g/mol. The van der Waals surface area contributed by atoms with Crippen LogP contribution in [0, 0.1) is 34.1 Å². The summed E-state index contributed by atoms with van der Waals surface area (Å²) in [6, 6.07) is 3.73. The lowest BCUT2D eigenvalue weighted by Gasteiger charge is -2.25. The van der Waals surface area contributed by atoms with Gasteiger partial charge in [0.2, 0.25) is 0 Å². The summed E-state index contributed by atoms with van der Waals surface area (Å²) in [5.41, 5.74) is 2.79. The van der Waals surface area contributed by atoms with Gasteiger partial charge in [-0.05, 0) is 68.9 Å². The smallest absolute Gasteiger partial charge is 0.314 e. The molecule has 0 spiro atoms. The summed E-state index contributed by atoms with van der Waals surface area (Å²) in [5.74, 6) is -0.372. The number of nitro benzene ring substituents is 2. The zero-order valence-corrected chi connectivity index (χ0v) is 20.5. The molecular formula is C27H34N2O6.